The molecule has 2 aromatic rings. The van der Waals surface area contributed by atoms with Crippen molar-refractivity contribution in [3.63, 3.8) is 0 Å². The number of ether oxygens (including phenoxy) is 1. The Bertz CT molecular complexity index is 597. The number of pyridine rings is 1. The van der Waals surface area contributed by atoms with E-state index >= 15 is 0 Å². The molecular weight excluding hydrogens is 250 g/mol. The summed E-state index contributed by atoms with van der Waals surface area (Å²) in [7, 11) is 0. The van der Waals surface area contributed by atoms with Crippen LogP contribution in [0.5, 0.6) is 5.75 Å². The van der Waals surface area contributed by atoms with Gasteiger partial charge in [0, 0.05) is 6.04 Å². The molecule has 0 saturated heterocycles. The third kappa shape index (κ3) is 3.34. The van der Waals surface area contributed by atoms with Crippen molar-refractivity contribution in [1.82, 2.24) is 4.98 Å². The maximum Gasteiger partial charge on any atom is 0.140 e. The molecule has 2 atom stereocenters. The summed E-state index contributed by atoms with van der Waals surface area (Å²) in [6, 6.07) is 13.3. The Morgan fingerprint density at radius 3 is 2.40 bits per heavy atom. The third-order valence-corrected chi connectivity index (χ3v) is 3.00. The summed E-state index contributed by atoms with van der Waals surface area (Å²) < 4.78 is 5.90. The van der Waals surface area contributed by atoms with E-state index in [0.717, 1.165) is 5.56 Å². The number of nitrogens with zero attached hydrogens (tertiary/aromatic N) is 2. The molecule has 0 radical (unpaired) electrons. The van der Waals surface area contributed by atoms with Crippen molar-refractivity contribution >= 4 is 0 Å². The van der Waals surface area contributed by atoms with Crippen LogP contribution >= 0.6 is 0 Å². The quantitative estimate of drug-likeness (QED) is 0.924. The fourth-order valence-electron chi connectivity index (χ4n) is 1.90. The largest absolute Gasteiger partial charge is 0.482 e. The van der Waals surface area contributed by atoms with Crippen LogP contribution in [0.1, 0.15) is 29.8 Å². The van der Waals surface area contributed by atoms with Gasteiger partial charge in [0.2, 0.25) is 0 Å². The van der Waals surface area contributed by atoms with Gasteiger partial charge in [0.25, 0.3) is 0 Å². The van der Waals surface area contributed by atoms with Crippen LogP contribution in [0.25, 0.3) is 0 Å². The molecule has 102 valence electrons. The van der Waals surface area contributed by atoms with Gasteiger partial charge in [-0.15, -0.1) is 0 Å². The fourth-order valence-corrected chi connectivity index (χ4v) is 1.90. The molecule has 0 saturated carbocycles. The molecule has 0 aliphatic carbocycles. The summed E-state index contributed by atoms with van der Waals surface area (Å²) in [5.74, 6) is 0.604. The molecule has 1 aromatic heterocycles. The fraction of sp³-hybridized carbons (Fsp3) is 0.250. The first-order valence-corrected chi connectivity index (χ1v) is 6.45. The number of aromatic nitrogens is 1. The number of hydrogen-bond donors (Lipinski definition) is 1. The van der Waals surface area contributed by atoms with Crippen molar-refractivity contribution in [3.05, 3.63) is 59.4 Å². The zero-order valence-electron chi connectivity index (χ0n) is 11.6. The normalized spacial score (nSPS) is 13.3. The van der Waals surface area contributed by atoms with Crippen LogP contribution in [0.4, 0.5) is 0 Å². The van der Waals surface area contributed by atoms with E-state index in [1.54, 1.807) is 18.3 Å². The molecule has 0 aliphatic rings. The second-order valence-electron chi connectivity index (χ2n) is 4.80. The Morgan fingerprint density at radius 2 is 1.90 bits per heavy atom. The summed E-state index contributed by atoms with van der Waals surface area (Å²) >= 11 is 0. The van der Waals surface area contributed by atoms with Crippen molar-refractivity contribution in [3.8, 4) is 11.8 Å². The Morgan fingerprint density at radius 1 is 1.20 bits per heavy atom. The highest BCUT2D eigenvalue weighted by Crippen LogP contribution is 2.24. The van der Waals surface area contributed by atoms with Gasteiger partial charge in [-0.3, -0.25) is 0 Å². The minimum atomic E-state index is -0.245. The average molecular weight is 267 g/mol. The molecule has 20 heavy (non-hydrogen) atoms. The molecule has 1 aromatic carbocycles. The van der Waals surface area contributed by atoms with Crippen LogP contribution in [-0.4, -0.2) is 11.0 Å². The van der Waals surface area contributed by atoms with Crippen LogP contribution in [0.2, 0.25) is 0 Å². The predicted molar refractivity (Wildman–Crippen MR) is 77.1 cm³/mol. The maximum atomic E-state index is 8.73. The lowest BCUT2D eigenvalue weighted by Crippen LogP contribution is -2.29. The summed E-state index contributed by atoms with van der Waals surface area (Å²) in [5, 5.41) is 8.73. The standard InChI is InChI=1S/C16H17N3O/c1-11-3-5-13(6-4-11)16(12(2)18)20-15-8-7-14(9-17)19-10-15/h3-8,10,12,16H,18H2,1-2H3/t12-,16+/m0/s1. The van der Waals surface area contributed by atoms with Crippen molar-refractivity contribution in [2.45, 2.75) is 26.0 Å². The molecule has 0 unspecified atom stereocenters. The lowest BCUT2D eigenvalue weighted by Gasteiger charge is -2.23. The lowest BCUT2D eigenvalue weighted by atomic mass is 10.0. The van der Waals surface area contributed by atoms with E-state index in [4.69, 9.17) is 15.7 Å². The van der Waals surface area contributed by atoms with Gasteiger partial charge in [0.05, 0.1) is 6.20 Å². The van der Waals surface area contributed by atoms with E-state index in [2.05, 4.69) is 4.98 Å². The van der Waals surface area contributed by atoms with E-state index in [0.29, 0.717) is 11.4 Å². The zero-order chi connectivity index (χ0) is 14.5. The van der Waals surface area contributed by atoms with Crippen LogP contribution in [0, 0.1) is 18.3 Å². The first-order chi connectivity index (χ1) is 9.60. The maximum absolute atomic E-state index is 8.73. The molecule has 4 nitrogen and oxygen atoms in total. The Hall–Kier alpha value is -2.38. The number of rotatable bonds is 4. The number of nitrogens with two attached hydrogens (primary N) is 1. The molecule has 0 fully saturated rings. The molecule has 1 heterocycles. The molecule has 0 bridgehead atoms. The van der Waals surface area contributed by atoms with Gasteiger partial charge in [0.1, 0.15) is 23.6 Å². The SMILES string of the molecule is Cc1ccc([C@H](Oc2ccc(C#N)nc2)[C@H](C)N)cc1. The van der Waals surface area contributed by atoms with E-state index in [1.807, 2.05) is 44.2 Å². The smallest absolute Gasteiger partial charge is 0.140 e. The minimum absolute atomic E-state index is 0.159. The zero-order valence-corrected chi connectivity index (χ0v) is 11.6. The van der Waals surface area contributed by atoms with Gasteiger partial charge in [0.15, 0.2) is 0 Å². The van der Waals surface area contributed by atoms with Crippen molar-refractivity contribution in [1.29, 1.82) is 5.26 Å². The molecular formula is C16H17N3O. The second-order valence-corrected chi connectivity index (χ2v) is 4.80. The highest BCUT2D eigenvalue weighted by Gasteiger charge is 2.18. The summed E-state index contributed by atoms with van der Waals surface area (Å²) in [6.07, 6.45) is 1.30. The first-order valence-electron chi connectivity index (χ1n) is 6.45. The molecule has 0 aliphatic heterocycles. The van der Waals surface area contributed by atoms with E-state index in [1.165, 1.54) is 5.56 Å². The van der Waals surface area contributed by atoms with E-state index in [9.17, 15) is 0 Å². The average Bonchev–Trinajstić information content (AvgIpc) is 2.46. The number of hydrogen-bond acceptors (Lipinski definition) is 4. The minimum Gasteiger partial charge on any atom is -0.482 e. The van der Waals surface area contributed by atoms with Gasteiger partial charge in [-0.25, -0.2) is 4.98 Å². The molecule has 0 amide bonds. The third-order valence-electron chi connectivity index (χ3n) is 3.00. The van der Waals surface area contributed by atoms with Crippen molar-refractivity contribution in [2.75, 3.05) is 0 Å². The summed E-state index contributed by atoms with van der Waals surface area (Å²) in [4.78, 5) is 3.99. The molecule has 2 rings (SSSR count). The molecule has 0 spiro atoms. The van der Waals surface area contributed by atoms with Crippen molar-refractivity contribution < 1.29 is 4.74 Å². The van der Waals surface area contributed by atoms with Gasteiger partial charge in [-0.1, -0.05) is 29.8 Å². The Labute approximate surface area is 118 Å². The topological polar surface area (TPSA) is 71.9 Å². The number of aryl methyl sites for hydroxylation is 1. The predicted octanol–water partition coefficient (Wildman–Crippen LogP) is 2.73. The summed E-state index contributed by atoms with van der Waals surface area (Å²) in [6.45, 7) is 3.94. The molecule has 2 N–H and O–H groups in total. The van der Waals surface area contributed by atoms with Gasteiger partial charge >= 0.3 is 0 Å². The van der Waals surface area contributed by atoms with Crippen LogP contribution in [0.15, 0.2) is 42.6 Å². The van der Waals surface area contributed by atoms with E-state index in [-0.39, 0.29) is 12.1 Å². The monoisotopic (exact) mass is 267 g/mol. The van der Waals surface area contributed by atoms with Gasteiger partial charge < -0.3 is 10.5 Å². The van der Waals surface area contributed by atoms with Crippen molar-refractivity contribution in [2.24, 2.45) is 5.73 Å². The van der Waals surface area contributed by atoms with Crippen LogP contribution in [0.3, 0.4) is 0 Å². The Kier molecular flexibility index (Phi) is 4.34. The molecule has 4 heteroatoms. The first kappa shape index (κ1) is 14.0. The Balaban J connectivity index is 2.21. The lowest BCUT2D eigenvalue weighted by molar-refractivity contribution is 0.180. The summed E-state index contributed by atoms with van der Waals surface area (Å²) in [5.41, 5.74) is 8.59. The van der Waals surface area contributed by atoms with E-state index < -0.39 is 0 Å². The highest BCUT2D eigenvalue weighted by molar-refractivity contribution is 5.29. The van der Waals surface area contributed by atoms with Gasteiger partial charge in [-0.2, -0.15) is 5.26 Å². The van der Waals surface area contributed by atoms with Crippen LogP contribution in [-0.2, 0) is 0 Å². The number of nitriles is 1. The van der Waals surface area contributed by atoms with Crippen LogP contribution < -0.4 is 10.5 Å². The second kappa shape index (κ2) is 6.18. The number of benzene rings is 1. The highest BCUT2D eigenvalue weighted by atomic mass is 16.5. The van der Waals surface area contributed by atoms with Gasteiger partial charge in [-0.05, 0) is 31.5 Å².